The van der Waals surface area contributed by atoms with Crippen LogP contribution in [0.1, 0.15) is 12.7 Å². The maximum absolute atomic E-state index is 4.36. The monoisotopic (exact) mass is 229 g/mol. The van der Waals surface area contributed by atoms with Crippen molar-refractivity contribution in [1.29, 1.82) is 0 Å². The fourth-order valence-corrected chi connectivity index (χ4v) is 2.51. The molecule has 0 N–H and O–H groups in total. The van der Waals surface area contributed by atoms with Crippen molar-refractivity contribution >= 4 is 44.1 Å². The minimum absolute atomic E-state index is 0.842. The van der Waals surface area contributed by atoms with E-state index in [1.807, 2.05) is 6.92 Å². The second kappa shape index (κ2) is 3.81. The van der Waals surface area contributed by atoms with Gasteiger partial charge in [-0.15, -0.1) is 23.0 Å². The van der Waals surface area contributed by atoms with Gasteiger partial charge >= 0.3 is 0 Å². The Labute approximate surface area is 88.8 Å². The molecule has 0 atom stereocenters. The highest BCUT2D eigenvalue weighted by Crippen LogP contribution is 2.28. The molecular formula is C7H7N3S3. The van der Waals surface area contributed by atoms with Gasteiger partial charge in [0.25, 0.3) is 0 Å². The van der Waals surface area contributed by atoms with Crippen molar-refractivity contribution in [1.82, 2.24) is 15.0 Å². The summed E-state index contributed by atoms with van der Waals surface area (Å²) in [6.07, 6.45) is 0.842. The van der Waals surface area contributed by atoms with Gasteiger partial charge in [-0.05, 0) is 10.8 Å². The summed E-state index contributed by atoms with van der Waals surface area (Å²) < 4.78 is 0. The molecule has 0 amide bonds. The van der Waals surface area contributed by atoms with E-state index in [1.165, 1.54) is 22.1 Å². The number of rotatable bonds is 2. The molecule has 0 aromatic carbocycles. The molecule has 0 aliphatic heterocycles. The quantitative estimate of drug-likeness (QED) is 0.488. The van der Waals surface area contributed by atoms with Crippen LogP contribution in [0.2, 0.25) is 0 Å². The standard InChI is InChI=1S/C7H7N3S3/c1-2-4-9-6-5(8-3-12-6)7(10-4)13-11/h3,11H,2H2,1H3. The third-order valence-corrected chi connectivity index (χ3v) is 3.31. The molecule has 0 unspecified atom stereocenters. The molecule has 13 heavy (non-hydrogen) atoms. The Morgan fingerprint density at radius 3 is 3.08 bits per heavy atom. The van der Waals surface area contributed by atoms with Gasteiger partial charge in [0.2, 0.25) is 0 Å². The Morgan fingerprint density at radius 2 is 2.38 bits per heavy atom. The number of thiol groups is 1. The van der Waals surface area contributed by atoms with Crippen molar-refractivity contribution in [3.05, 3.63) is 11.3 Å². The summed E-state index contributed by atoms with van der Waals surface area (Å²) >= 11 is 5.68. The van der Waals surface area contributed by atoms with Gasteiger partial charge in [0, 0.05) is 6.42 Å². The highest BCUT2D eigenvalue weighted by molar-refractivity contribution is 8.68. The highest BCUT2D eigenvalue weighted by Gasteiger charge is 2.08. The first-order valence-corrected chi connectivity index (χ1v) is 6.51. The zero-order valence-corrected chi connectivity index (χ0v) is 9.42. The smallest absolute Gasteiger partial charge is 0.148 e. The largest absolute Gasteiger partial charge is 0.240 e. The summed E-state index contributed by atoms with van der Waals surface area (Å²) in [7, 11) is 1.32. The lowest BCUT2D eigenvalue weighted by Crippen LogP contribution is -1.93. The summed E-state index contributed by atoms with van der Waals surface area (Å²) in [6.45, 7) is 2.04. The molecule has 2 rings (SSSR count). The Kier molecular flexibility index (Phi) is 2.71. The molecule has 0 saturated carbocycles. The van der Waals surface area contributed by atoms with Crippen LogP contribution in [0, 0.1) is 0 Å². The lowest BCUT2D eigenvalue weighted by Gasteiger charge is -1.98. The van der Waals surface area contributed by atoms with E-state index in [0.717, 1.165) is 27.6 Å². The van der Waals surface area contributed by atoms with Gasteiger partial charge in [0.15, 0.2) is 0 Å². The van der Waals surface area contributed by atoms with Crippen LogP contribution in [-0.4, -0.2) is 15.0 Å². The van der Waals surface area contributed by atoms with Crippen LogP contribution in [-0.2, 0) is 6.42 Å². The Hall–Kier alpha value is -0.330. The highest BCUT2D eigenvalue weighted by atomic mass is 33.1. The predicted octanol–water partition coefficient (Wildman–Crippen LogP) is 2.59. The molecular weight excluding hydrogens is 222 g/mol. The summed E-state index contributed by atoms with van der Waals surface area (Å²) in [5.41, 5.74) is 2.65. The van der Waals surface area contributed by atoms with E-state index in [1.54, 1.807) is 5.51 Å². The van der Waals surface area contributed by atoms with Crippen LogP contribution in [0.5, 0.6) is 0 Å². The predicted molar refractivity (Wildman–Crippen MR) is 59.4 cm³/mol. The van der Waals surface area contributed by atoms with Crippen molar-refractivity contribution in [2.75, 3.05) is 0 Å². The van der Waals surface area contributed by atoms with Gasteiger partial charge in [-0.2, -0.15) is 0 Å². The SMILES string of the molecule is CCc1nc(SS)c2ncsc2n1. The summed E-state index contributed by atoms with van der Waals surface area (Å²) in [5.74, 6) is 0.855. The Morgan fingerprint density at radius 1 is 1.54 bits per heavy atom. The van der Waals surface area contributed by atoms with E-state index in [4.69, 9.17) is 0 Å². The van der Waals surface area contributed by atoms with Crippen LogP contribution < -0.4 is 0 Å². The number of nitrogens with zero attached hydrogens (tertiary/aromatic N) is 3. The van der Waals surface area contributed by atoms with E-state index >= 15 is 0 Å². The Bertz CT molecular complexity index is 426. The zero-order chi connectivity index (χ0) is 9.26. The molecule has 0 bridgehead atoms. The number of aryl methyl sites for hydroxylation is 1. The summed E-state index contributed by atoms with van der Waals surface area (Å²) in [4.78, 5) is 13.8. The number of hydrogen-bond donors (Lipinski definition) is 1. The van der Waals surface area contributed by atoms with Gasteiger partial charge in [-0.3, -0.25) is 0 Å². The van der Waals surface area contributed by atoms with E-state index in [-0.39, 0.29) is 0 Å². The minimum atomic E-state index is 0.842. The van der Waals surface area contributed by atoms with E-state index in [2.05, 4.69) is 26.6 Å². The lowest BCUT2D eigenvalue weighted by molar-refractivity contribution is 0.917. The molecule has 0 saturated heterocycles. The number of thiazole rings is 1. The summed E-state index contributed by atoms with van der Waals surface area (Å²) in [6, 6.07) is 0. The van der Waals surface area contributed by atoms with Gasteiger partial charge < -0.3 is 0 Å². The summed E-state index contributed by atoms with van der Waals surface area (Å²) in [5, 5.41) is 0.853. The minimum Gasteiger partial charge on any atom is -0.240 e. The fraction of sp³-hybridized carbons (Fsp3) is 0.286. The number of fused-ring (bicyclic) bond motifs is 1. The van der Waals surface area contributed by atoms with Crippen LogP contribution >= 0.6 is 33.8 Å². The molecule has 2 aromatic heterocycles. The third-order valence-electron chi connectivity index (χ3n) is 1.62. The average molecular weight is 229 g/mol. The van der Waals surface area contributed by atoms with Crippen LogP contribution in [0.15, 0.2) is 10.5 Å². The first-order chi connectivity index (χ1) is 6.35. The van der Waals surface area contributed by atoms with Crippen molar-refractivity contribution in [2.24, 2.45) is 0 Å². The van der Waals surface area contributed by atoms with Crippen molar-refractivity contribution in [3.8, 4) is 0 Å². The molecule has 3 nitrogen and oxygen atoms in total. The van der Waals surface area contributed by atoms with Crippen molar-refractivity contribution in [3.63, 3.8) is 0 Å². The second-order valence-electron chi connectivity index (χ2n) is 2.40. The first-order valence-electron chi connectivity index (χ1n) is 3.76. The maximum atomic E-state index is 4.36. The molecule has 2 heterocycles. The van der Waals surface area contributed by atoms with Gasteiger partial charge in [0.05, 0.1) is 5.51 Å². The van der Waals surface area contributed by atoms with Crippen LogP contribution in [0.4, 0.5) is 0 Å². The topological polar surface area (TPSA) is 38.7 Å². The molecule has 6 heteroatoms. The third kappa shape index (κ3) is 1.66. The Balaban J connectivity index is 2.70. The molecule has 0 radical (unpaired) electrons. The first kappa shape index (κ1) is 9.23. The molecule has 68 valence electrons. The van der Waals surface area contributed by atoms with Gasteiger partial charge in [-0.1, -0.05) is 6.92 Å². The van der Waals surface area contributed by atoms with E-state index < -0.39 is 0 Å². The molecule has 2 aromatic rings. The van der Waals surface area contributed by atoms with E-state index in [0.29, 0.717) is 0 Å². The number of hydrogen-bond acceptors (Lipinski definition) is 6. The van der Waals surface area contributed by atoms with Crippen LogP contribution in [0.3, 0.4) is 0 Å². The molecule has 0 aliphatic rings. The molecule has 0 aliphatic carbocycles. The second-order valence-corrected chi connectivity index (χ2v) is 4.35. The van der Waals surface area contributed by atoms with Gasteiger partial charge in [0.1, 0.15) is 21.2 Å². The maximum Gasteiger partial charge on any atom is 0.148 e. The van der Waals surface area contributed by atoms with Crippen LogP contribution in [0.25, 0.3) is 10.3 Å². The zero-order valence-electron chi connectivity index (χ0n) is 6.89. The molecule has 0 spiro atoms. The normalized spacial score (nSPS) is 10.9. The van der Waals surface area contributed by atoms with Gasteiger partial charge in [-0.25, -0.2) is 15.0 Å². The number of aromatic nitrogens is 3. The average Bonchev–Trinajstić information content (AvgIpc) is 2.63. The van der Waals surface area contributed by atoms with E-state index in [9.17, 15) is 0 Å². The molecule has 0 fully saturated rings. The van der Waals surface area contributed by atoms with Crippen molar-refractivity contribution < 1.29 is 0 Å². The van der Waals surface area contributed by atoms with Crippen molar-refractivity contribution in [2.45, 2.75) is 18.4 Å². The fourth-order valence-electron chi connectivity index (χ4n) is 1.00. The lowest BCUT2D eigenvalue weighted by atomic mass is 10.4.